The van der Waals surface area contributed by atoms with Crippen LogP contribution in [0.5, 0.6) is 0 Å². The highest BCUT2D eigenvalue weighted by Gasteiger charge is 2.41. The molecule has 90 valence electrons. The fraction of sp³-hybridized carbons (Fsp3) is 0.467. The molecule has 17 heavy (non-hydrogen) atoms. The lowest BCUT2D eigenvalue weighted by Crippen LogP contribution is -2.48. The van der Waals surface area contributed by atoms with Gasteiger partial charge in [0.05, 0.1) is 0 Å². The second-order valence-electron chi connectivity index (χ2n) is 5.25. The molecule has 0 saturated heterocycles. The van der Waals surface area contributed by atoms with Crippen LogP contribution in [0.2, 0.25) is 0 Å². The van der Waals surface area contributed by atoms with Crippen molar-refractivity contribution in [2.24, 2.45) is 11.8 Å². The Labute approximate surface area is 102 Å². The van der Waals surface area contributed by atoms with Crippen LogP contribution >= 0.6 is 0 Å². The zero-order chi connectivity index (χ0) is 11.8. The van der Waals surface area contributed by atoms with E-state index in [-0.39, 0.29) is 11.9 Å². The van der Waals surface area contributed by atoms with Gasteiger partial charge in [0.2, 0.25) is 0 Å². The summed E-state index contributed by atoms with van der Waals surface area (Å²) >= 11 is 0. The van der Waals surface area contributed by atoms with E-state index < -0.39 is 0 Å². The van der Waals surface area contributed by atoms with Crippen LogP contribution in [0.25, 0.3) is 0 Å². The Bertz CT molecular complexity index is 440. The molecule has 2 heteroatoms. The highest BCUT2D eigenvalue weighted by atomic mass is 19.1. The summed E-state index contributed by atoms with van der Waals surface area (Å²) in [4.78, 5) is 0. The van der Waals surface area contributed by atoms with Crippen LogP contribution in [0, 0.1) is 17.7 Å². The van der Waals surface area contributed by atoms with E-state index >= 15 is 0 Å². The molecule has 0 aromatic heterocycles. The second kappa shape index (κ2) is 4.26. The van der Waals surface area contributed by atoms with E-state index in [2.05, 4.69) is 17.5 Å². The molecule has 0 radical (unpaired) electrons. The van der Waals surface area contributed by atoms with Crippen molar-refractivity contribution < 1.29 is 4.39 Å². The number of hydrogen-bond acceptors (Lipinski definition) is 1. The molecule has 2 aliphatic carbocycles. The minimum Gasteiger partial charge on any atom is -0.307 e. The van der Waals surface area contributed by atoms with Crippen molar-refractivity contribution in [3.8, 4) is 0 Å². The molecule has 0 amide bonds. The first-order valence-corrected chi connectivity index (χ1v) is 6.43. The van der Waals surface area contributed by atoms with Gasteiger partial charge in [0.15, 0.2) is 0 Å². The highest BCUT2D eigenvalue weighted by Crippen LogP contribution is 2.43. The summed E-state index contributed by atoms with van der Waals surface area (Å²) in [5, 5.41) is 3.55. The molecule has 0 aliphatic heterocycles. The van der Waals surface area contributed by atoms with Crippen LogP contribution in [0.15, 0.2) is 36.4 Å². The maximum atomic E-state index is 13.6. The lowest BCUT2D eigenvalue weighted by Gasteiger charge is -2.42. The summed E-state index contributed by atoms with van der Waals surface area (Å²) in [7, 11) is 0. The fourth-order valence-corrected chi connectivity index (χ4v) is 3.14. The quantitative estimate of drug-likeness (QED) is 0.786. The molecular formula is C15H18FN. The zero-order valence-electron chi connectivity index (χ0n) is 10.1. The number of halogens is 1. The third-order valence-corrected chi connectivity index (χ3v) is 4.20. The van der Waals surface area contributed by atoms with Crippen LogP contribution < -0.4 is 5.32 Å². The number of fused-ring (bicyclic) bond motifs is 1. The number of nitrogens with one attached hydrogen (secondary N) is 1. The monoisotopic (exact) mass is 231 g/mol. The SMILES string of the molecule is C[C@@H](NC1CC2CC=CC21)c1ccccc1F. The van der Waals surface area contributed by atoms with E-state index in [0.717, 1.165) is 11.5 Å². The van der Waals surface area contributed by atoms with Crippen LogP contribution in [0.1, 0.15) is 31.4 Å². The molecule has 4 atom stereocenters. The van der Waals surface area contributed by atoms with E-state index in [4.69, 9.17) is 0 Å². The van der Waals surface area contributed by atoms with E-state index in [9.17, 15) is 4.39 Å². The summed E-state index contributed by atoms with van der Waals surface area (Å²) in [6.07, 6.45) is 7.07. The van der Waals surface area contributed by atoms with Gasteiger partial charge in [-0.15, -0.1) is 0 Å². The zero-order valence-corrected chi connectivity index (χ0v) is 10.1. The fourth-order valence-electron chi connectivity index (χ4n) is 3.14. The van der Waals surface area contributed by atoms with Gasteiger partial charge < -0.3 is 5.32 Å². The van der Waals surface area contributed by atoms with Crippen molar-refractivity contribution in [1.82, 2.24) is 5.32 Å². The summed E-state index contributed by atoms with van der Waals surface area (Å²) in [5.74, 6) is 1.43. The molecule has 2 aliphatic rings. The average molecular weight is 231 g/mol. The summed E-state index contributed by atoms with van der Waals surface area (Å²) in [6, 6.07) is 7.67. The van der Waals surface area contributed by atoms with Crippen molar-refractivity contribution in [2.45, 2.75) is 31.8 Å². The van der Waals surface area contributed by atoms with Crippen molar-refractivity contribution >= 4 is 0 Å². The molecule has 1 aromatic carbocycles. The predicted molar refractivity (Wildman–Crippen MR) is 67.1 cm³/mol. The molecule has 0 bridgehead atoms. The van der Waals surface area contributed by atoms with Gasteiger partial charge in [-0.2, -0.15) is 0 Å². The first-order valence-electron chi connectivity index (χ1n) is 6.43. The van der Waals surface area contributed by atoms with Gasteiger partial charge >= 0.3 is 0 Å². The Kier molecular flexibility index (Phi) is 2.75. The molecule has 0 spiro atoms. The molecule has 1 N–H and O–H groups in total. The van der Waals surface area contributed by atoms with Gasteiger partial charge in [-0.3, -0.25) is 0 Å². The largest absolute Gasteiger partial charge is 0.307 e. The molecule has 3 rings (SSSR count). The van der Waals surface area contributed by atoms with E-state index in [1.54, 1.807) is 6.07 Å². The topological polar surface area (TPSA) is 12.0 Å². The summed E-state index contributed by atoms with van der Waals surface area (Å²) in [6.45, 7) is 2.05. The van der Waals surface area contributed by atoms with Gasteiger partial charge in [-0.05, 0) is 37.7 Å². The Hall–Kier alpha value is -1.15. The van der Waals surface area contributed by atoms with Crippen molar-refractivity contribution in [3.63, 3.8) is 0 Å². The van der Waals surface area contributed by atoms with Crippen LogP contribution in [-0.2, 0) is 0 Å². The van der Waals surface area contributed by atoms with Gasteiger partial charge in [0.1, 0.15) is 5.82 Å². The predicted octanol–water partition coefficient (Wildman–Crippen LogP) is 3.44. The Morgan fingerprint density at radius 1 is 1.35 bits per heavy atom. The molecule has 0 heterocycles. The van der Waals surface area contributed by atoms with Crippen molar-refractivity contribution in [2.75, 3.05) is 0 Å². The minimum absolute atomic E-state index is 0.0937. The lowest BCUT2D eigenvalue weighted by atomic mass is 9.71. The highest BCUT2D eigenvalue weighted by molar-refractivity contribution is 5.22. The Morgan fingerprint density at radius 3 is 2.94 bits per heavy atom. The third kappa shape index (κ3) is 1.91. The van der Waals surface area contributed by atoms with Crippen LogP contribution in [0.4, 0.5) is 4.39 Å². The molecule has 1 nitrogen and oxygen atoms in total. The second-order valence-corrected chi connectivity index (χ2v) is 5.25. The minimum atomic E-state index is -0.106. The maximum absolute atomic E-state index is 13.6. The molecule has 3 unspecified atom stereocenters. The van der Waals surface area contributed by atoms with Crippen LogP contribution in [-0.4, -0.2) is 6.04 Å². The van der Waals surface area contributed by atoms with Gasteiger partial charge in [-0.25, -0.2) is 4.39 Å². The molecular weight excluding hydrogens is 213 g/mol. The first-order chi connectivity index (χ1) is 8.25. The Morgan fingerprint density at radius 2 is 2.18 bits per heavy atom. The first kappa shape index (κ1) is 11.0. The average Bonchev–Trinajstić information content (AvgIpc) is 2.68. The summed E-state index contributed by atoms with van der Waals surface area (Å²) < 4.78 is 13.6. The van der Waals surface area contributed by atoms with E-state index in [1.807, 2.05) is 19.1 Å². The van der Waals surface area contributed by atoms with Crippen molar-refractivity contribution in [3.05, 3.63) is 47.8 Å². The van der Waals surface area contributed by atoms with E-state index in [0.29, 0.717) is 12.0 Å². The van der Waals surface area contributed by atoms with Gasteiger partial charge in [0, 0.05) is 17.6 Å². The standard InChI is InChI=1S/C15H18FN/c1-10(12-6-2-3-8-14(12)16)17-15-9-11-5-4-7-13(11)15/h2-4,6-8,10-11,13,15,17H,5,9H2,1H3/t10-,11?,13?,15?/m1/s1. The normalized spacial score (nSPS) is 32.0. The number of rotatable bonds is 3. The van der Waals surface area contributed by atoms with Crippen LogP contribution in [0.3, 0.4) is 0 Å². The van der Waals surface area contributed by atoms with Gasteiger partial charge in [-0.1, -0.05) is 30.4 Å². The van der Waals surface area contributed by atoms with E-state index in [1.165, 1.54) is 18.9 Å². The number of benzene rings is 1. The third-order valence-electron chi connectivity index (χ3n) is 4.20. The van der Waals surface area contributed by atoms with Crippen molar-refractivity contribution in [1.29, 1.82) is 0 Å². The smallest absolute Gasteiger partial charge is 0.127 e. The Balaban J connectivity index is 1.66. The molecule has 1 saturated carbocycles. The summed E-state index contributed by atoms with van der Waals surface area (Å²) in [5.41, 5.74) is 0.776. The van der Waals surface area contributed by atoms with Gasteiger partial charge in [0.25, 0.3) is 0 Å². The number of hydrogen-bond donors (Lipinski definition) is 1. The molecule has 1 aromatic rings. The number of allylic oxidation sites excluding steroid dienone is 1. The molecule has 1 fully saturated rings. The lowest BCUT2D eigenvalue weighted by molar-refractivity contribution is 0.152. The maximum Gasteiger partial charge on any atom is 0.127 e.